The van der Waals surface area contributed by atoms with Gasteiger partial charge < -0.3 is 0 Å². The van der Waals surface area contributed by atoms with Crippen molar-refractivity contribution in [3.05, 3.63) is 71.8 Å². The Morgan fingerprint density at radius 1 is 0.625 bits per heavy atom. The normalized spacial score (nSPS) is 8.38. The first kappa shape index (κ1) is 15.0. The Balaban J connectivity index is 0.000000711. The summed E-state index contributed by atoms with van der Waals surface area (Å²) in [6.45, 7) is 4.00. The van der Waals surface area contributed by atoms with Crippen molar-refractivity contribution in [2.45, 2.75) is 20.3 Å². The molecule has 2 aromatic carbocycles. The van der Waals surface area contributed by atoms with E-state index in [1.54, 1.807) is 0 Å². The molecule has 0 amide bonds. The van der Waals surface area contributed by atoms with Crippen molar-refractivity contribution >= 4 is 0 Å². The molecule has 0 bridgehead atoms. The van der Waals surface area contributed by atoms with Crippen LogP contribution in [-0.2, 0) is 25.0 Å². The first-order valence-corrected chi connectivity index (χ1v) is 5.53. The van der Waals surface area contributed by atoms with Crippen LogP contribution in [0.4, 0.5) is 0 Å². The minimum absolute atomic E-state index is 0. The summed E-state index contributed by atoms with van der Waals surface area (Å²) in [6.07, 6.45) is 1.03. The third kappa shape index (κ3) is 5.20. The molecule has 0 aliphatic rings. The predicted molar refractivity (Wildman–Crippen MR) is 67.0 cm³/mol. The van der Waals surface area contributed by atoms with Crippen LogP contribution >= 0.6 is 0 Å². The molecular weight excluding hydrogens is 231 g/mol. The van der Waals surface area contributed by atoms with Crippen LogP contribution in [0.15, 0.2) is 60.7 Å². The minimum Gasteiger partial charge on any atom is -0.0683 e. The van der Waals surface area contributed by atoms with E-state index < -0.39 is 0 Å². The van der Waals surface area contributed by atoms with E-state index in [1.807, 2.05) is 13.8 Å². The van der Waals surface area contributed by atoms with Crippen LogP contribution in [0.1, 0.15) is 25.0 Å². The fraction of sp³-hybridized carbons (Fsp3) is 0.200. The van der Waals surface area contributed by atoms with Gasteiger partial charge in [0, 0.05) is 18.6 Å². The molecular formula is C15H18V. The van der Waals surface area contributed by atoms with Crippen LogP contribution in [0.2, 0.25) is 0 Å². The maximum Gasteiger partial charge on any atom is 0 e. The molecule has 0 atom stereocenters. The molecule has 0 aromatic heterocycles. The molecule has 16 heavy (non-hydrogen) atoms. The second kappa shape index (κ2) is 9.26. The molecule has 2 rings (SSSR count). The van der Waals surface area contributed by atoms with Crippen LogP contribution in [0.25, 0.3) is 0 Å². The first-order valence-electron chi connectivity index (χ1n) is 5.53. The molecule has 2 aromatic rings. The van der Waals surface area contributed by atoms with Crippen molar-refractivity contribution in [3.8, 4) is 0 Å². The summed E-state index contributed by atoms with van der Waals surface area (Å²) in [4.78, 5) is 0. The van der Waals surface area contributed by atoms with E-state index in [1.165, 1.54) is 11.1 Å². The van der Waals surface area contributed by atoms with Gasteiger partial charge in [0.15, 0.2) is 0 Å². The SMILES string of the molecule is CC.[V].c1ccc(Cc2ccccc2)cc1. The van der Waals surface area contributed by atoms with Gasteiger partial charge in [0.05, 0.1) is 0 Å². The van der Waals surface area contributed by atoms with E-state index in [-0.39, 0.29) is 18.6 Å². The van der Waals surface area contributed by atoms with E-state index >= 15 is 0 Å². The minimum atomic E-state index is 0. The standard InChI is InChI=1S/C13H12.C2H6.V/c1-3-7-12(8-4-1)11-13-9-5-2-6-10-13;1-2;/h1-10H,11H2;1-2H3;. The number of benzene rings is 2. The summed E-state index contributed by atoms with van der Waals surface area (Å²) in [5, 5.41) is 0. The molecule has 0 aliphatic carbocycles. The average molecular weight is 249 g/mol. The molecule has 0 N–H and O–H groups in total. The Morgan fingerprint density at radius 2 is 0.938 bits per heavy atom. The summed E-state index contributed by atoms with van der Waals surface area (Å²) < 4.78 is 0. The van der Waals surface area contributed by atoms with Gasteiger partial charge in [0.25, 0.3) is 0 Å². The maximum atomic E-state index is 2.16. The quantitative estimate of drug-likeness (QED) is 0.744. The van der Waals surface area contributed by atoms with Gasteiger partial charge in [-0.2, -0.15) is 0 Å². The Bertz CT molecular complexity index is 316. The Kier molecular flexibility index (Phi) is 8.70. The third-order valence-electron chi connectivity index (χ3n) is 2.09. The predicted octanol–water partition coefficient (Wildman–Crippen LogP) is 4.30. The number of rotatable bonds is 2. The van der Waals surface area contributed by atoms with Gasteiger partial charge >= 0.3 is 0 Å². The molecule has 0 saturated heterocycles. The molecule has 0 heterocycles. The summed E-state index contributed by atoms with van der Waals surface area (Å²) >= 11 is 0. The third-order valence-corrected chi connectivity index (χ3v) is 2.09. The summed E-state index contributed by atoms with van der Waals surface area (Å²) in [7, 11) is 0. The van der Waals surface area contributed by atoms with Crippen molar-refractivity contribution < 1.29 is 18.6 Å². The van der Waals surface area contributed by atoms with E-state index in [2.05, 4.69) is 60.7 Å². The topological polar surface area (TPSA) is 0 Å². The van der Waals surface area contributed by atoms with Gasteiger partial charge in [-0.05, 0) is 17.5 Å². The zero-order valence-corrected chi connectivity index (χ0v) is 11.3. The van der Waals surface area contributed by atoms with Gasteiger partial charge in [0.1, 0.15) is 0 Å². The fourth-order valence-electron chi connectivity index (χ4n) is 1.43. The smallest absolute Gasteiger partial charge is 0 e. The molecule has 0 fully saturated rings. The van der Waals surface area contributed by atoms with E-state index in [9.17, 15) is 0 Å². The Labute approximate surface area is 111 Å². The van der Waals surface area contributed by atoms with Crippen LogP contribution in [0, 0.1) is 0 Å². The second-order valence-electron chi connectivity index (χ2n) is 3.15. The van der Waals surface area contributed by atoms with Crippen LogP contribution < -0.4 is 0 Å². The Hall–Kier alpha value is -0.976. The van der Waals surface area contributed by atoms with Gasteiger partial charge in [-0.1, -0.05) is 74.5 Å². The van der Waals surface area contributed by atoms with Crippen molar-refractivity contribution in [2.24, 2.45) is 0 Å². The van der Waals surface area contributed by atoms with Crippen molar-refractivity contribution in [1.29, 1.82) is 0 Å². The monoisotopic (exact) mass is 249 g/mol. The van der Waals surface area contributed by atoms with Crippen LogP contribution in [-0.4, -0.2) is 0 Å². The molecule has 83 valence electrons. The Morgan fingerprint density at radius 3 is 1.25 bits per heavy atom. The first-order chi connectivity index (χ1) is 7.45. The summed E-state index contributed by atoms with van der Waals surface area (Å²) in [6, 6.07) is 21.1. The van der Waals surface area contributed by atoms with Gasteiger partial charge in [-0.15, -0.1) is 0 Å². The molecule has 0 spiro atoms. The van der Waals surface area contributed by atoms with Gasteiger partial charge in [0.2, 0.25) is 0 Å². The van der Waals surface area contributed by atoms with Crippen molar-refractivity contribution in [3.63, 3.8) is 0 Å². The molecule has 0 saturated carbocycles. The van der Waals surface area contributed by atoms with Crippen LogP contribution in [0.5, 0.6) is 0 Å². The summed E-state index contributed by atoms with van der Waals surface area (Å²) in [5.74, 6) is 0. The van der Waals surface area contributed by atoms with Crippen molar-refractivity contribution in [1.82, 2.24) is 0 Å². The van der Waals surface area contributed by atoms with Crippen LogP contribution in [0.3, 0.4) is 0 Å². The largest absolute Gasteiger partial charge is 0.0683 e. The number of hydrogen-bond acceptors (Lipinski definition) is 0. The van der Waals surface area contributed by atoms with Gasteiger partial charge in [-0.25, -0.2) is 0 Å². The molecule has 1 radical (unpaired) electrons. The maximum absolute atomic E-state index is 2.16. The van der Waals surface area contributed by atoms with Gasteiger partial charge in [-0.3, -0.25) is 0 Å². The summed E-state index contributed by atoms with van der Waals surface area (Å²) in [5.41, 5.74) is 2.74. The molecule has 0 nitrogen and oxygen atoms in total. The molecule has 0 unspecified atom stereocenters. The average Bonchev–Trinajstić information content (AvgIpc) is 2.34. The zero-order chi connectivity index (χ0) is 10.9. The van der Waals surface area contributed by atoms with E-state index in [0.29, 0.717) is 0 Å². The number of hydrogen-bond donors (Lipinski definition) is 0. The fourth-order valence-corrected chi connectivity index (χ4v) is 1.43. The molecule has 0 aliphatic heterocycles. The van der Waals surface area contributed by atoms with Crippen molar-refractivity contribution in [2.75, 3.05) is 0 Å². The van der Waals surface area contributed by atoms with E-state index in [4.69, 9.17) is 0 Å². The molecule has 1 heteroatoms. The van der Waals surface area contributed by atoms with E-state index in [0.717, 1.165) is 6.42 Å². The second-order valence-corrected chi connectivity index (χ2v) is 3.15. The zero-order valence-electron chi connectivity index (χ0n) is 9.93.